The fourth-order valence-corrected chi connectivity index (χ4v) is 1.19. The number of benzene rings is 1. The van der Waals surface area contributed by atoms with E-state index in [9.17, 15) is 14.0 Å². The highest BCUT2D eigenvalue weighted by molar-refractivity contribution is 6.01. The van der Waals surface area contributed by atoms with Crippen molar-refractivity contribution in [2.45, 2.75) is 0 Å². The molecule has 0 aliphatic rings. The van der Waals surface area contributed by atoms with Crippen LogP contribution >= 0.6 is 0 Å². The van der Waals surface area contributed by atoms with Crippen LogP contribution in [0.5, 0.6) is 5.75 Å². The molecule has 5 nitrogen and oxygen atoms in total. The maximum absolute atomic E-state index is 13.1. The van der Waals surface area contributed by atoms with E-state index in [0.29, 0.717) is 0 Å². The average molecular weight is 227 g/mol. The first-order chi connectivity index (χ1) is 7.47. The first kappa shape index (κ1) is 12.1. The van der Waals surface area contributed by atoms with E-state index >= 15 is 0 Å². The maximum atomic E-state index is 13.1. The lowest BCUT2D eigenvalue weighted by molar-refractivity contribution is 0.0692. The molecule has 0 radical (unpaired) electrons. The molecule has 86 valence electrons. The molecule has 0 aliphatic heterocycles. The second kappa shape index (κ2) is 4.71. The lowest BCUT2D eigenvalue weighted by Gasteiger charge is -2.05. The third-order valence-corrected chi connectivity index (χ3v) is 1.95. The van der Waals surface area contributed by atoms with Crippen LogP contribution in [0.15, 0.2) is 12.1 Å². The Morgan fingerprint density at radius 2 is 2.06 bits per heavy atom. The summed E-state index contributed by atoms with van der Waals surface area (Å²) in [6, 6.07) is 1.75. The zero-order valence-corrected chi connectivity index (χ0v) is 8.45. The molecule has 1 rings (SSSR count). The summed E-state index contributed by atoms with van der Waals surface area (Å²) in [5.41, 5.74) is -0.721. The smallest absolute Gasteiger partial charge is 0.339 e. The first-order valence-electron chi connectivity index (χ1n) is 4.41. The van der Waals surface area contributed by atoms with Crippen LogP contribution in [0.25, 0.3) is 0 Å². The molecule has 0 bridgehead atoms. The first-order valence-corrected chi connectivity index (χ1v) is 4.41. The van der Waals surface area contributed by atoms with E-state index in [1.54, 1.807) is 0 Å². The molecule has 0 unspecified atom stereocenters. The van der Waals surface area contributed by atoms with Crippen molar-refractivity contribution in [1.29, 1.82) is 0 Å². The fraction of sp³-hybridized carbons (Fsp3) is 0.200. The maximum Gasteiger partial charge on any atom is 0.339 e. The van der Waals surface area contributed by atoms with Crippen molar-refractivity contribution in [1.82, 2.24) is 5.32 Å². The summed E-state index contributed by atoms with van der Waals surface area (Å²) in [5.74, 6) is -4.03. The van der Waals surface area contributed by atoms with Gasteiger partial charge in [-0.2, -0.15) is 0 Å². The highest BCUT2D eigenvalue weighted by Gasteiger charge is 2.18. The number of aromatic carboxylic acids is 1. The van der Waals surface area contributed by atoms with Crippen LogP contribution in [0.1, 0.15) is 20.7 Å². The predicted octanol–water partition coefficient (Wildman–Crippen LogP) is 0.632. The van der Waals surface area contributed by atoms with Gasteiger partial charge in [-0.1, -0.05) is 0 Å². The van der Waals surface area contributed by atoms with Crippen molar-refractivity contribution in [2.24, 2.45) is 0 Å². The van der Waals surface area contributed by atoms with Gasteiger partial charge in [0.2, 0.25) is 0 Å². The van der Waals surface area contributed by atoms with E-state index in [2.05, 4.69) is 5.32 Å². The Morgan fingerprint density at radius 1 is 1.44 bits per heavy atom. The minimum atomic E-state index is -1.49. The van der Waals surface area contributed by atoms with Gasteiger partial charge in [-0.3, -0.25) is 4.79 Å². The number of hydrogen-bond acceptors (Lipinski definition) is 4. The molecular formula is C10H10FNO4. The SMILES string of the molecule is CNCC(=O)c1cc(F)c(O)c(C(=O)O)c1. The Hall–Kier alpha value is -1.95. The van der Waals surface area contributed by atoms with E-state index in [4.69, 9.17) is 10.2 Å². The van der Waals surface area contributed by atoms with Gasteiger partial charge in [0.05, 0.1) is 6.54 Å². The average Bonchev–Trinajstić information content (AvgIpc) is 2.21. The van der Waals surface area contributed by atoms with Gasteiger partial charge in [-0.05, 0) is 19.2 Å². The number of carboxylic acids is 1. The van der Waals surface area contributed by atoms with Gasteiger partial charge in [0.15, 0.2) is 17.3 Å². The van der Waals surface area contributed by atoms with Gasteiger partial charge in [0.25, 0.3) is 0 Å². The largest absolute Gasteiger partial charge is 0.504 e. The van der Waals surface area contributed by atoms with Crippen LogP contribution in [0.2, 0.25) is 0 Å². The van der Waals surface area contributed by atoms with Crippen LogP contribution in [-0.4, -0.2) is 35.6 Å². The number of Topliss-reactive ketones (excluding diaryl/α,β-unsaturated/α-hetero) is 1. The van der Waals surface area contributed by atoms with Crippen molar-refractivity contribution >= 4 is 11.8 Å². The summed E-state index contributed by atoms with van der Waals surface area (Å²) in [6.45, 7) is -0.0384. The van der Waals surface area contributed by atoms with Crippen LogP contribution in [-0.2, 0) is 0 Å². The third kappa shape index (κ3) is 2.34. The molecule has 0 fully saturated rings. The summed E-state index contributed by atoms with van der Waals surface area (Å²) in [6.07, 6.45) is 0. The van der Waals surface area contributed by atoms with Crippen LogP contribution in [0.4, 0.5) is 4.39 Å². The van der Waals surface area contributed by atoms with Gasteiger partial charge >= 0.3 is 5.97 Å². The van der Waals surface area contributed by atoms with Crippen molar-refractivity contribution < 1.29 is 24.2 Å². The molecule has 0 spiro atoms. The summed E-state index contributed by atoms with van der Waals surface area (Å²) < 4.78 is 13.1. The van der Waals surface area contributed by atoms with Crippen LogP contribution in [0.3, 0.4) is 0 Å². The molecule has 0 amide bonds. The second-order valence-corrected chi connectivity index (χ2v) is 3.11. The number of halogens is 1. The number of carbonyl (C=O) groups excluding carboxylic acids is 1. The minimum absolute atomic E-state index is 0.0384. The van der Waals surface area contributed by atoms with Crippen molar-refractivity contribution in [3.05, 3.63) is 29.1 Å². The normalized spacial score (nSPS) is 10.1. The Morgan fingerprint density at radius 3 is 2.56 bits per heavy atom. The quantitative estimate of drug-likeness (QED) is 0.657. The van der Waals surface area contributed by atoms with Crippen molar-refractivity contribution in [2.75, 3.05) is 13.6 Å². The van der Waals surface area contributed by atoms with E-state index in [-0.39, 0.29) is 12.1 Å². The molecule has 1 aromatic rings. The van der Waals surface area contributed by atoms with Crippen molar-refractivity contribution in [3.63, 3.8) is 0 Å². The molecule has 0 aromatic heterocycles. The highest BCUT2D eigenvalue weighted by atomic mass is 19.1. The summed E-state index contributed by atoms with van der Waals surface area (Å²) in [5, 5.41) is 20.4. The fourth-order valence-electron chi connectivity index (χ4n) is 1.19. The Kier molecular flexibility index (Phi) is 3.57. The molecule has 0 atom stereocenters. The third-order valence-electron chi connectivity index (χ3n) is 1.95. The number of carbonyl (C=O) groups is 2. The molecule has 16 heavy (non-hydrogen) atoms. The summed E-state index contributed by atoms with van der Waals surface area (Å²) in [4.78, 5) is 22.0. The number of phenols is 1. The Bertz CT molecular complexity index is 445. The number of rotatable bonds is 4. The molecule has 6 heteroatoms. The van der Waals surface area contributed by atoms with Gasteiger partial charge < -0.3 is 15.5 Å². The predicted molar refractivity (Wildman–Crippen MR) is 53.3 cm³/mol. The molecule has 0 aliphatic carbocycles. The number of aromatic hydroxyl groups is 1. The molecule has 0 saturated carbocycles. The Balaban J connectivity index is 3.24. The van der Waals surface area contributed by atoms with E-state index in [1.807, 2.05) is 0 Å². The number of ketones is 1. The van der Waals surface area contributed by atoms with Gasteiger partial charge in [0.1, 0.15) is 5.56 Å². The lowest BCUT2D eigenvalue weighted by atomic mass is 10.1. The monoisotopic (exact) mass is 227 g/mol. The van der Waals surface area contributed by atoms with E-state index in [0.717, 1.165) is 12.1 Å². The lowest BCUT2D eigenvalue weighted by Crippen LogP contribution is -2.19. The molecule has 0 saturated heterocycles. The number of nitrogens with one attached hydrogen (secondary N) is 1. The zero-order chi connectivity index (χ0) is 12.3. The van der Waals surface area contributed by atoms with Gasteiger partial charge in [-0.25, -0.2) is 9.18 Å². The van der Waals surface area contributed by atoms with Crippen LogP contribution < -0.4 is 5.32 Å². The summed E-state index contributed by atoms with van der Waals surface area (Å²) in [7, 11) is 1.53. The summed E-state index contributed by atoms with van der Waals surface area (Å²) >= 11 is 0. The Labute approximate surface area is 90.5 Å². The van der Waals surface area contributed by atoms with Crippen molar-refractivity contribution in [3.8, 4) is 5.75 Å². The van der Waals surface area contributed by atoms with Gasteiger partial charge in [0, 0.05) is 5.56 Å². The van der Waals surface area contributed by atoms with E-state index < -0.39 is 28.9 Å². The van der Waals surface area contributed by atoms with Gasteiger partial charge in [-0.15, -0.1) is 0 Å². The molecule has 3 N–H and O–H groups in total. The molecule has 1 aromatic carbocycles. The standard InChI is InChI=1S/C10H10FNO4/c1-12-4-8(13)5-2-6(10(15)16)9(14)7(11)3-5/h2-3,12,14H,4H2,1H3,(H,15,16). The molecular weight excluding hydrogens is 217 g/mol. The number of hydrogen-bond donors (Lipinski definition) is 3. The van der Waals surface area contributed by atoms with Crippen LogP contribution in [0, 0.1) is 5.82 Å². The minimum Gasteiger partial charge on any atom is -0.504 e. The topological polar surface area (TPSA) is 86.6 Å². The number of likely N-dealkylation sites (N-methyl/N-ethyl adjacent to an activating group) is 1. The molecule has 0 heterocycles. The van der Waals surface area contributed by atoms with E-state index in [1.165, 1.54) is 7.05 Å². The number of carboxylic acid groups (broad SMARTS) is 1. The second-order valence-electron chi connectivity index (χ2n) is 3.11. The zero-order valence-electron chi connectivity index (χ0n) is 8.45. The highest BCUT2D eigenvalue weighted by Crippen LogP contribution is 2.23.